The first-order chi connectivity index (χ1) is 8.71. The third kappa shape index (κ3) is 10.2. The maximum absolute atomic E-state index is 9.74. The van der Waals surface area contributed by atoms with E-state index in [9.17, 15) is 14.7 Å². The molecule has 9 nitrogen and oxygen atoms in total. The fraction of sp³-hybridized carbons (Fsp3) is 0.833. The van der Waals surface area contributed by atoms with Crippen LogP contribution >= 0.6 is 0 Å². The topological polar surface area (TPSA) is 181 Å². The lowest BCUT2D eigenvalue weighted by Crippen LogP contribution is -2.47. The van der Waals surface area contributed by atoms with Crippen molar-refractivity contribution in [1.82, 2.24) is 0 Å². The molecule has 0 aliphatic rings. The number of carbonyl (C=O) groups is 2. The Balaban J connectivity index is -0.000000126. The Morgan fingerprint density at radius 2 is 1.19 bits per heavy atom. The number of carboxylic acids is 2. The molecule has 0 heterocycles. The van der Waals surface area contributed by atoms with Crippen LogP contribution in [0.25, 0.3) is 0 Å². The lowest BCUT2D eigenvalue weighted by Gasteiger charge is -2.34. The van der Waals surface area contributed by atoms with Gasteiger partial charge in [0.2, 0.25) is 0 Å². The van der Waals surface area contributed by atoms with Crippen LogP contribution in [-0.4, -0.2) is 81.1 Å². The molecule has 0 spiro atoms. The van der Waals surface area contributed by atoms with Crippen LogP contribution in [0.1, 0.15) is 27.7 Å². The predicted molar refractivity (Wildman–Crippen MR) is 74.3 cm³/mol. The van der Waals surface area contributed by atoms with Crippen molar-refractivity contribution in [3.8, 4) is 0 Å². The molecule has 0 unspecified atom stereocenters. The molecule has 0 aromatic carbocycles. The maximum atomic E-state index is 9.74. The third-order valence-corrected chi connectivity index (χ3v) is 3.48. The number of carboxylic acid groups (broad SMARTS) is 2. The molecule has 0 aliphatic heterocycles. The highest BCUT2D eigenvalue weighted by Crippen LogP contribution is 2.03. The van der Waals surface area contributed by atoms with E-state index >= 15 is 0 Å². The molecule has 0 bridgehead atoms. The number of hydrogen-bond donors (Lipinski definition) is 3. The van der Waals surface area contributed by atoms with E-state index in [4.69, 9.17) is 15.3 Å². The summed E-state index contributed by atoms with van der Waals surface area (Å²) in [6.45, 7) is 14.2. The van der Waals surface area contributed by atoms with Gasteiger partial charge >= 0.3 is 5.97 Å². The van der Waals surface area contributed by atoms with Crippen LogP contribution < -0.4 is 5.11 Å². The van der Waals surface area contributed by atoms with Crippen LogP contribution in [0.15, 0.2) is 0 Å². The molecule has 0 amide bonds. The highest BCUT2D eigenvalue weighted by atomic mass is 16.4. The summed E-state index contributed by atoms with van der Waals surface area (Å²) in [6, 6.07) is 0. The lowest BCUT2D eigenvalue weighted by molar-refractivity contribution is -0.921. The summed E-state index contributed by atoms with van der Waals surface area (Å²) < 4.78 is 1.28. The zero-order valence-corrected chi connectivity index (χ0v) is 13.0. The van der Waals surface area contributed by atoms with Crippen molar-refractivity contribution in [2.75, 3.05) is 26.2 Å². The van der Waals surface area contributed by atoms with Crippen LogP contribution in [0, 0.1) is 0 Å². The smallest absolute Gasteiger partial charge is 0.335 e. The van der Waals surface area contributed by atoms with Gasteiger partial charge in [-0.1, -0.05) is 0 Å². The van der Waals surface area contributed by atoms with Gasteiger partial charge in [0.1, 0.15) is 6.10 Å². The van der Waals surface area contributed by atoms with E-state index in [-0.39, 0.29) is 11.0 Å². The van der Waals surface area contributed by atoms with Gasteiger partial charge in [-0.2, -0.15) is 0 Å². The second-order valence-corrected chi connectivity index (χ2v) is 4.15. The number of nitrogens with zero attached hydrogens (tertiary/aromatic N) is 1. The first-order valence-electron chi connectivity index (χ1n) is 6.36. The van der Waals surface area contributed by atoms with Crippen molar-refractivity contribution >= 4 is 11.9 Å². The number of hydrogen-bond acceptors (Lipinski definition) is 5. The van der Waals surface area contributed by atoms with Crippen molar-refractivity contribution in [2.24, 2.45) is 0 Å². The normalized spacial score (nSPS) is 12.7. The Morgan fingerprint density at radius 1 is 0.905 bits per heavy atom. The molecule has 0 fully saturated rings. The van der Waals surface area contributed by atoms with Gasteiger partial charge in [-0.15, -0.1) is 0 Å². The van der Waals surface area contributed by atoms with E-state index in [0.29, 0.717) is 0 Å². The minimum absolute atomic E-state index is 0. The zero-order chi connectivity index (χ0) is 15.6. The van der Waals surface area contributed by atoms with Crippen molar-refractivity contribution in [3.05, 3.63) is 0 Å². The molecule has 0 aromatic rings. The van der Waals surface area contributed by atoms with Gasteiger partial charge in [0.15, 0.2) is 6.10 Å². The molecule has 0 aromatic heterocycles. The molecule has 2 atom stereocenters. The van der Waals surface area contributed by atoms with Gasteiger partial charge in [0.05, 0.1) is 32.1 Å². The number of aliphatic carboxylic acids is 2. The van der Waals surface area contributed by atoms with E-state index in [1.807, 2.05) is 0 Å². The van der Waals surface area contributed by atoms with E-state index in [1.165, 1.54) is 30.7 Å². The first kappa shape index (κ1) is 28.0. The summed E-state index contributed by atoms with van der Waals surface area (Å²) in [6.07, 6.45) is -4.71. The van der Waals surface area contributed by atoms with E-state index in [1.54, 1.807) is 0 Å². The van der Waals surface area contributed by atoms with Gasteiger partial charge in [-0.25, -0.2) is 4.79 Å². The van der Waals surface area contributed by atoms with E-state index in [2.05, 4.69) is 27.7 Å². The molecule has 9 heteroatoms. The summed E-state index contributed by atoms with van der Waals surface area (Å²) in [4.78, 5) is 19.4. The van der Waals surface area contributed by atoms with Crippen LogP contribution in [-0.2, 0) is 9.59 Å². The molecule has 0 saturated carbocycles. The summed E-state index contributed by atoms with van der Waals surface area (Å²) in [5.41, 5.74) is 0. The fourth-order valence-corrected chi connectivity index (χ4v) is 1.61. The zero-order valence-electron chi connectivity index (χ0n) is 13.0. The average Bonchev–Trinajstić information content (AvgIpc) is 2.40. The second-order valence-electron chi connectivity index (χ2n) is 4.15. The Hall–Kier alpha value is -1.26. The summed E-state index contributed by atoms with van der Waals surface area (Å²) in [7, 11) is 0. The minimum Gasteiger partial charge on any atom is -0.547 e. The van der Waals surface area contributed by atoms with E-state index < -0.39 is 24.1 Å². The number of aliphatic hydroxyl groups excluding tert-OH is 2. The molecule has 7 N–H and O–H groups in total. The maximum Gasteiger partial charge on any atom is 0.335 e. The summed E-state index contributed by atoms with van der Waals surface area (Å²) in [5, 5.41) is 34.1. The van der Waals surface area contributed by atoms with Crippen molar-refractivity contribution in [2.45, 2.75) is 39.9 Å². The van der Waals surface area contributed by atoms with E-state index in [0.717, 1.165) is 0 Å². The molecule has 0 rings (SSSR count). The number of carbonyl (C=O) groups excluding carboxylic acids is 1. The Morgan fingerprint density at radius 3 is 1.24 bits per heavy atom. The van der Waals surface area contributed by atoms with Gasteiger partial charge in [0.25, 0.3) is 0 Å². The first-order valence-corrected chi connectivity index (χ1v) is 6.36. The Labute approximate surface area is 124 Å². The number of aliphatic hydroxyl groups is 2. The molecule has 21 heavy (non-hydrogen) atoms. The lowest BCUT2D eigenvalue weighted by atomic mass is 10.2. The second kappa shape index (κ2) is 13.7. The van der Waals surface area contributed by atoms with Gasteiger partial charge in [-0.05, 0) is 27.7 Å². The predicted octanol–water partition coefficient (Wildman–Crippen LogP) is -3.22. The Kier molecular flexibility index (Phi) is 18.3. The van der Waals surface area contributed by atoms with Crippen molar-refractivity contribution < 1.29 is 45.5 Å². The third-order valence-electron chi connectivity index (χ3n) is 3.48. The highest BCUT2D eigenvalue weighted by molar-refractivity contribution is 5.81. The molecule has 0 radical (unpaired) electrons. The molecule has 130 valence electrons. The molecule has 0 saturated heterocycles. The Bertz CT molecular complexity index is 245. The van der Waals surface area contributed by atoms with Crippen LogP contribution in [0.4, 0.5) is 0 Å². The monoisotopic (exact) mass is 315 g/mol. The van der Waals surface area contributed by atoms with Gasteiger partial charge < -0.3 is 40.7 Å². The highest BCUT2D eigenvalue weighted by Gasteiger charge is 2.24. The van der Waals surface area contributed by atoms with Crippen LogP contribution in [0.2, 0.25) is 0 Å². The van der Waals surface area contributed by atoms with Crippen LogP contribution in [0.3, 0.4) is 0 Å². The van der Waals surface area contributed by atoms with Crippen molar-refractivity contribution in [3.63, 3.8) is 0 Å². The fourth-order valence-electron chi connectivity index (χ4n) is 1.61. The minimum atomic E-state index is -2.38. The van der Waals surface area contributed by atoms with Gasteiger partial charge in [-0.3, -0.25) is 0 Å². The van der Waals surface area contributed by atoms with Gasteiger partial charge in [0, 0.05) is 0 Å². The molecular formula is C12H29NO8. The standard InChI is InChI=1S/C8H20N.C4H6O6.2H2O/c1-5-9(6-2,7-3)8-4;5-1(3(7)8)2(6)4(9)10;;/h5-8H2,1-4H3;1-2,5-6H,(H,7,8)(H,9,10);2*1H2/q+1;;;/p-1/t;1-,2-;;/m.0../s1. The average molecular weight is 315 g/mol. The van der Waals surface area contributed by atoms with Crippen LogP contribution in [0.5, 0.6) is 0 Å². The quantitative estimate of drug-likeness (QED) is 0.415. The van der Waals surface area contributed by atoms with Crippen molar-refractivity contribution in [1.29, 1.82) is 0 Å². The summed E-state index contributed by atoms with van der Waals surface area (Å²) >= 11 is 0. The summed E-state index contributed by atoms with van der Waals surface area (Å²) in [5.74, 6) is -3.83. The molecule has 0 aliphatic carbocycles. The number of quaternary nitrogens is 1. The molecular weight excluding hydrogens is 286 g/mol. The number of rotatable bonds is 7. The SMILES string of the molecule is CC[N+](CC)(CC)CC.O.O.O=C([O-])[C@@H](O)[C@H](O)C(=O)O. The largest absolute Gasteiger partial charge is 0.547 e.